The molecule has 0 aliphatic carbocycles. The first-order chi connectivity index (χ1) is 14.5. The molecule has 3 heteroatoms. The van der Waals surface area contributed by atoms with Gasteiger partial charge in [0.05, 0.1) is 0 Å². The third kappa shape index (κ3) is 3.42. The van der Waals surface area contributed by atoms with Crippen LogP contribution in [0.25, 0.3) is 44.1 Å². The summed E-state index contributed by atoms with van der Waals surface area (Å²) in [5.74, 6) is 7.26. The van der Waals surface area contributed by atoms with Crippen molar-refractivity contribution in [1.29, 1.82) is 0 Å². The van der Waals surface area contributed by atoms with Gasteiger partial charge in [-0.1, -0.05) is 24.3 Å². The standard InChI is InChI=1S/C27H24GeN2/c1-28(2,3)22-14-11-20(12-15-22)27-25-16-13-21(17-26(25)29-18-30-27)24-10-6-8-19-7-4-5-9-23(19)24/h4-18H,1-3H3. The van der Waals surface area contributed by atoms with Crippen molar-refractivity contribution in [2.75, 3.05) is 0 Å². The van der Waals surface area contributed by atoms with E-state index in [-0.39, 0.29) is 0 Å². The van der Waals surface area contributed by atoms with Gasteiger partial charge in [-0.3, -0.25) is 0 Å². The van der Waals surface area contributed by atoms with Crippen LogP contribution in [0.5, 0.6) is 0 Å². The average Bonchev–Trinajstić information content (AvgIpc) is 2.77. The summed E-state index contributed by atoms with van der Waals surface area (Å²) in [6.45, 7) is 0. The number of hydrogen-bond donors (Lipinski definition) is 0. The second-order valence-corrected chi connectivity index (χ2v) is 19.5. The van der Waals surface area contributed by atoms with E-state index in [1.54, 1.807) is 6.33 Å². The second-order valence-electron chi connectivity index (χ2n) is 8.81. The summed E-state index contributed by atoms with van der Waals surface area (Å²) in [5, 5.41) is 3.60. The molecule has 0 fully saturated rings. The molecule has 5 aromatic rings. The predicted octanol–water partition coefficient (Wildman–Crippen LogP) is 6.66. The van der Waals surface area contributed by atoms with Crippen LogP contribution >= 0.6 is 0 Å². The van der Waals surface area contributed by atoms with Crippen molar-refractivity contribution >= 4 is 39.3 Å². The maximum absolute atomic E-state index is 4.63. The van der Waals surface area contributed by atoms with Crippen LogP contribution in [0, 0.1) is 0 Å². The van der Waals surface area contributed by atoms with Gasteiger partial charge in [-0.05, 0) is 0 Å². The molecule has 5 rings (SSSR count). The van der Waals surface area contributed by atoms with Crippen LogP contribution in [0.4, 0.5) is 0 Å². The molecule has 0 atom stereocenters. The van der Waals surface area contributed by atoms with Crippen LogP contribution < -0.4 is 4.40 Å². The Morgan fingerprint density at radius 1 is 0.633 bits per heavy atom. The van der Waals surface area contributed by atoms with Crippen LogP contribution in [-0.4, -0.2) is 23.2 Å². The molecule has 0 bridgehead atoms. The van der Waals surface area contributed by atoms with Gasteiger partial charge in [0.25, 0.3) is 0 Å². The molecule has 0 amide bonds. The van der Waals surface area contributed by atoms with Gasteiger partial charge in [-0.2, -0.15) is 0 Å². The molecule has 0 aliphatic rings. The number of fused-ring (bicyclic) bond motifs is 2. The quantitative estimate of drug-likeness (QED) is 0.288. The Morgan fingerprint density at radius 2 is 1.37 bits per heavy atom. The monoisotopic (exact) mass is 450 g/mol. The first-order valence-corrected chi connectivity index (χ1v) is 17.7. The third-order valence-corrected chi connectivity index (χ3v) is 10.1. The van der Waals surface area contributed by atoms with E-state index in [4.69, 9.17) is 0 Å². The zero-order valence-electron chi connectivity index (χ0n) is 17.6. The van der Waals surface area contributed by atoms with Gasteiger partial charge in [0.2, 0.25) is 0 Å². The summed E-state index contributed by atoms with van der Waals surface area (Å²) in [7, 11) is 0. The van der Waals surface area contributed by atoms with Gasteiger partial charge in [0, 0.05) is 0 Å². The Hall–Kier alpha value is -2.98. The Balaban J connectivity index is 1.62. The molecule has 30 heavy (non-hydrogen) atoms. The van der Waals surface area contributed by atoms with E-state index in [0.717, 1.165) is 22.2 Å². The van der Waals surface area contributed by atoms with Crippen molar-refractivity contribution in [2.45, 2.75) is 17.3 Å². The normalized spacial score (nSPS) is 11.8. The van der Waals surface area contributed by atoms with Crippen LogP contribution in [0.1, 0.15) is 0 Å². The number of hydrogen-bond acceptors (Lipinski definition) is 2. The van der Waals surface area contributed by atoms with Crippen LogP contribution in [0.15, 0.2) is 91.3 Å². The van der Waals surface area contributed by atoms with Crippen LogP contribution in [-0.2, 0) is 0 Å². The average molecular weight is 449 g/mol. The molecule has 0 radical (unpaired) electrons. The summed E-state index contributed by atoms with van der Waals surface area (Å²) < 4.78 is 1.51. The first kappa shape index (κ1) is 19.0. The predicted molar refractivity (Wildman–Crippen MR) is 131 cm³/mol. The van der Waals surface area contributed by atoms with Gasteiger partial charge < -0.3 is 0 Å². The van der Waals surface area contributed by atoms with E-state index in [0.29, 0.717) is 0 Å². The van der Waals surface area contributed by atoms with Gasteiger partial charge in [0.15, 0.2) is 0 Å². The number of aromatic nitrogens is 2. The fourth-order valence-electron chi connectivity index (χ4n) is 4.06. The van der Waals surface area contributed by atoms with Crippen molar-refractivity contribution < 1.29 is 0 Å². The maximum atomic E-state index is 4.63. The summed E-state index contributed by atoms with van der Waals surface area (Å²) in [5.41, 5.74) is 5.53. The molecule has 0 saturated heterocycles. The molecule has 0 saturated carbocycles. The third-order valence-electron chi connectivity index (χ3n) is 5.76. The minimum absolute atomic E-state index is 0.975. The van der Waals surface area contributed by atoms with E-state index in [1.807, 2.05) is 0 Å². The SMILES string of the molecule is [CH3][Ge]([CH3])([CH3])[c]1ccc(-c2ncnc3cc(-c4cccc5ccccc45)ccc23)cc1. The Kier molecular flexibility index (Phi) is 4.67. The van der Waals surface area contributed by atoms with Gasteiger partial charge in [0.1, 0.15) is 0 Å². The second kappa shape index (κ2) is 7.37. The van der Waals surface area contributed by atoms with Crippen molar-refractivity contribution in [3.63, 3.8) is 0 Å². The van der Waals surface area contributed by atoms with E-state index in [1.165, 1.54) is 26.3 Å². The molecular weight excluding hydrogens is 425 g/mol. The molecule has 0 N–H and O–H groups in total. The molecule has 2 nitrogen and oxygen atoms in total. The van der Waals surface area contributed by atoms with E-state index >= 15 is 0 Å². The Bertz CT molecular complexity index is 1360. The fourth-order valence-corrected chi connectivity index (χ4v) is 6.51. The summed E-state index contributed by atoms with van der Waals surface area (Å²) >= 11 is -1.82. The molecule has 4 aromatic carbocycles. The number of benzene rings is 4. The van der Waals surface area contributed by atoms with Crippen molar-refractivity contribution in [3.05, 3.63) is 91.3 Å². The van der Waals surface area contributed by atoms with E-state index in [9.17, 15) is 0 Å². The fraction of sp³-hybridized carbons (Fsp3) is 0.111. The van der Waals surface area contributed by atoms with Crippen molar-refractivity contribution in [1.82, 2.24) is 9.97 Å². The van der Waals surface area contributed by atoms with E-state index < -0.39 is 13.3 Å². The number of rotatable bonds is 3. The van der Waals surface area contributed by atoms with Gasteiger partial charge in [-0.25, -0.2) is 0 Å². The molecular formula is C27H24GeN2. The molecule has 0 spiro atoms. The first-order valence-electron chi connectivity index (χ1n) is 10.3. The zero-order valence-corrected chi connectivity index (χ0v) is 19.7. The molecule has 1 aromatic heterocycles. The van der Waals surface area contributed by atoms with Gasteiger partial charge >= 0.3 is 156 Å². The van der Waals surface area contributed by atoms with Gasteiger partial charge in [-0.15, -0.1) is 0 Å². The van der Waals surface area contributed by atoms with E-state index in [2.05, 4.69) is 112 Å². The Labute approximate surface area is 180 Å². The van der Waals surface area contributed by atoms with Crippen molar-refractivity contribution in [3.8, 4) is 22.4 Å². The minimum atomic E-state index is -1.82. The summed E-state index contributed by atoms with van der Waals surface area (Å²) in [4.78, 5) is 9.21. The summed E-state index contributed by atoms with van der Waals surface area (Å²) in [6, 6.07) is 30.5. The topological polar surface area (TPSA) is 25.8 Å². The summed E-state index contributed by atoms with van der Waals surface area (Å²) in [6.07, 6.45) is 1.68. The molecule has 0 unspecified atom stereocenters. The zero-order chi connectivity index (χ0) is 20.7. The molecule has 1 heterocycles. The van der Waals surface area contributed by atoms with Crippen LogP contribution in [0.2, 0.25) is 17.3 Å². The Morgan fingerprint density at radius 3 is 2.17 bits per heavy atom. The number of nitrogens with zero attached hydrogens (tertiary/aromatic N) is 2. The molecule has 146 valence electrons. The van der Waals surface area contributed by atoms with Crippen LogP contribution in [0.3, 0.4) is 0 Å². The van der Waals surface area contributed by atoms with Crippen molar-refractivity contribution in [2.24, 2.45) is 0 Å². The molecule has 0 aliphatic heterocycles.